The molecular weight excluding hydrogens is 316 g/mol. The second-order valence-corrected chi connectivity index (χ2v) is 6.42. The number of aliphatic hydroxyl groups excluding tert-OH is 1. The van der Waals surface area contributed by atoms with Gasteiger partial charge in [0.2, 0.25) is 0 Å². The summed E-state index contributed by atoms with van der Waals surface area (Å²) in [6, 6.07) is 10.4. The van der Waals surface area contributed by atoms with Gasteiger partial charge in [0.1, 0.15) is 0 Å². The van der Waals surface area contributed by atoms with Gasteiger partial charge in [0, 0.05) is 17.1 Å². The molecule has 20 heavy (non-hydrogen) atoms. The Hall–Kier alpha value is -1.13. The highest BCUT2D eigenvalue weighted by Crippen LogP contribution is 2.29. The molecule has 4 heteroatoms. The van der Waals surface area contributed by atoms with Crippen LogP contribution >= 0.6 is 15.9 Å². The lowest BCUT2D eigenvalue weighted by molar-refractivity contribution is 0.176. The Morgan fingerprint density at radius 2 is 2.10 bits per heavy atom. The SMILES string of the molecule is OC(Cc1ccn(C2CCCC2)n1)c1cccc(Br)c1. The van der Waals surface area contributed by atoms with Crippen LogP contribution in [-0.2, 0) is 6.42 Å². The molecule has 1 aromatic carbocycles. The molecule has 3 nitrogen and oxygen atoms in total. The number of nitrogens with zero attached hydrogens (tertiary/aromatic N) is 2. The molecule has 2 aromatic rings. The summed E-state index contributed by atoms with van der Waals surface area (Å²) in [5, 5.41) is 14.9. The third-order valence-corrected chi connectivity index (χ3v) is 4.49. The van der Waals surface area contributed by atoms with Crippen molar-refractivity contribution in [1.29, 1.82) is 0 Å². The van der Waals surface area contributed by atoms with Crippen molar-refractivity contribution < 1.29 is 5.11 Å². The minimum absolute atomic E-state index is 0.501. The fraction of sp³-hybridized carbons (Fsp3) is 0.438. The normalized spacial score (nSPS) is 17.5. The van der Waals surface area contributed by atoms with Crippen LogP contribution < -0.4 is 0 Å². The summed E-state index contributed by atoms with van der Waals surface area (Å²) in [6.45, 7) is 0. The van der Waals surface area contributed by atoms with Crippen LogP contribution in [0.15, 0.2) is 41.0 Å². The fourth-order valence-electron chi connectivity index (χ4n) is 2.89. The van der Waals surface area contributed by atoms with E-state index in [9.17, 15) is 5.11 Å². The number of aromatic nitrogens is 2. The van der Waals surface area contributed by atoms with E-state index in [4.69, 9.17) is 0 Å². The van der Waals surface area contributed by atoms with Gasteiger partial charge in [-0.15, -0.1) is 0 Å². The highest BCUT2D eigenvalue weighted by atomic mass is 79.9. The largest absolute Gasteiger partial charge is 0.388 e. The Morgan fingerprint density at radius 3 is 2.85 bits per heavy atom. The first kappa shape index (κ1) is 13.8. The van der Waals surface area contributed by atoms with Crippen LogP contribution in [0.3, 0.4) is 0 Å². The first-order valence-electron chi connectivity index (χ1n) is 7.20. The number of aliphatic hydroxyl groups is 1. The van der Waals surface area contributed by atoms with E-state index < -0.39 is 6.10 Å². The lowest BCUT2D eigenvalue weighted by atomic mass is 10.1. The molecule has 1 aromatic heterocycles. The topological polar surface area (TPSA) is 38.0 Å². The molecule has 0 radical (unpaired) electrons. The summed E-state index contributed by atoms with van der Waals surface area (Å²) in [4.78, 5) is 0. The van der Waals surface area contributed by atoms with Gasteiger partial charge < -0.3 is 5.11 Å². The standard InChI is InChI=1S/C16H19BrN2O/c17-13-5-3-4-12(10-13)16(20)11-14-8-9-19(18-14)15-6-1-2-7-15/h3-5,8-10,15-16,20H,1-2,6-7,11H2. The Balaban J connectivity index is 1.68. The van der Waals surface area contributed by atoms with Gasteiger partial charge in [-0.25, -0.2) is 0 Å². The maximum atomic E-state index is 10.3. The van der Waals surface area contributed by atoms with Crippen LogP contribution in [0, 0.1) is 0 Å². The predicted octanol–water partition coefficient (Wildman–Crippen LogP) is 4.04. The molecular formula is C16H19BrN2O. The van der Waals surface area contributed by atoms with E-state index >= 15 is 0 Å². The van der Waals surface area contributed by atoms with E-state index in [-0.39, 0.29) is 0 Å². The van der Waals surface area contributed by atoms with E-state index in [2.05, 4.69) is 31.9 Å². The van der Waals surface area contributed by atoms with Crippen LogP contribution in [0.1, 0.15) is 49.1 Å². The summed E-state index contributed by atoms with van der Waals surface area (Å²) in [7, 11) is 0. The van der Waals surface area contributed by atoms with Crippen LogP contribution in [-0.4, -0.2) is 14.9 Å². The van der Waals surface area contributed by atoms with Gasteiger partial charge in [0.05, 0.1) is 17.8 Å². The quantitative estimate of drug-likeness (QED) is 0.916. The zero-order valence-corrected chi connectivity index (χ0v) is 13.0. The van der Waals surface area contributed by atoms with Gasteiger partial charge in [0.15, 0.2) is 0 Å². The van der Waals surface area contributed by atoms with Crippen LogP contribution in [0.25, 0.3) is 0 Å². The maximum absolute atomic E-state index is 10.3. The van der Waals surface area contributed by atoms with Gasteiger partial charge in [-0.3, -0.25) is 4.68 Å². The molecule has 1 fully saturated rings. The third kappa shape index (κ3) is 3.13. The van der Waals surface area contributed by atoms with E-state index in [0.29, 0.717) is 12.5 Å². The van der Waals surface area contributed by atoms with Crippen molar-refractivity contribution in [3.63, 3.8) is 0 Å². The average molecular weight is 335 g/mol. The molecule has 106 valence electrons. The molecule has 0 saturated heterocycles. The van der Waals surface area contributed by atoms with Gasteiger partial charge in [-0.05, 0) is 36.6 Å². The average Bonchev–Trinajstić information content (AvgIpc) is 3.08. The molecule has 1 heterocycles. The van der Waals surface area contributed by atoms with Gasteiger partial charge in [-0.2, -0.15) is 5.10 Å². The molecule has 1 N–H and O–H groups in total. The minimum Gasteiger partial charge on any atom is -0.388 e. The Bertz CT molecular complexity index is 575. The van der Waals surface area contributed by atoms with Crippen molar-refractivity contribution in [3.8, 4) is 0 Å². The molecule has 1 saturated carbocycles. The van der Waals surface area contributed by atoms with Crippen molar-refractivity contribution in [1.82, 2.24) is 9.78 Å². The Kier molecular flexibility index (Phi) is 4.22. The van der Waals surface area contributed by atoms with Crippen molar-refractivity contribution in [2.24, 2.45) is 0 Å². The zero-order valence-electron chi connectivity index (χ0n) is 11.4. The lowest BCUT2D eigenvalue weighted by Crippen LogP contribution is -2.07. The Morgan fingerprint density at radius 1 is 1.30 bits per heavy atom. The molecule has 1 unspecified atom stereocenters. The number of halogens is 1. The second kappa shape index (κ2) is 6.10. The van der Waals surface area contributed by atoms with Crippen LogP contribution in [0.5, 0.6) is 0 Å². The van der Waals surface area contributed by atoms with E-state index in [0.717, 1.165) is 15.7 Å². The van der Waals surface area contributed by atoms with Crippen LogP contribution in [0.4, 0.5) is 0 Å². The zero-order chi connectivity index (χ0) is 13.9. The van der Waals surface area contributed by atoms with Crippen molar-refractivity contribution in [2.75, 3.05) is 0 Å². The first-order chi connectivity index (χ1) is 9.72. The molecule has 0 amide bonds. The summed E-state index contributed by atoms with van der Waals surface area (Å²) in [6.07, 6.45) is 7.19. The molecule has 1 atom stereocenters. The molecule has 1 aliphatic rings. The summed E-state index contributed by atoms with van der Waals surface area (Å²) in [5.74, 6) is 0. The highest BCUT2D eigenvalue weighted by molar-refractivity contribution is 9.10. The van der Waals surface area contributed by atoms with Crippen LogP contribution in [0.2, 0.25) is 0 Å². The van der Waals surface area contributed by atoms with E-state index in [1.54, 1.807) is 0 Å². The van der Waals surface area contributed by atoms with Gasteiger partial charge in [0.25, 0.3) is 0 Å². The molecule has 0 bridgehead atoms. The minimum atomic E-state index is -0.501. The van der Waals surface area contributed by atoms with Gasteiger partial charge >= 0.3 is 0 Å². The predicted molar refractivity (Wildman–Crippen MR) is 82.5 cm³/mol. The summed E-state index contributed by atoms with van der Waals surface area (Å²) >= 11 is 3.43. The molecule has 0 spiro atoms. The number of hydrogen-bond donors (Lipinski definition) is 1. The fourth-order valence-corrected chi connectivity index (χ4v) is 3.31. The summed E-state index contributed by atoms with van der Waals surface area (Å²) < 4.78 is 3.07. The molecule has 3 rings (SSSR count). The number of benzene rings is 1. The molecule has 0 aliphatic heterocycles. The monoisotopic (exact) mass is 334 g/mol. The van der Waals surface area contributed by atoms with Crippen molar-refractivity contribution >= 4 is 15.9 Å². The maximum Gasteiger partial charge on any atom is 0.0846 e. The first-order valence-corrected chi connectivity index (χ1v) is 7.99. The smallest absolute Gasteiger partial charge is 0.0846 e. The third-order valence-electron chi connectivity index (χ3n) is 4.00. The summed E-state index contributed by atoms with van der Waals surface area (Å²) in [5.41, 5.74) is 1.89. The Labute approximate surface area is 127 Å². The van der Waals surface area contributed by atoms with Crippen molar-refractivity contribution in [2.45, 2.75) is 44.2 Å². The number of hydrogen-bond acceptors (Lipinski definition) is 2. The van der Waals surface area contributed by atoms with E-state index in [1.807, 2.05) is 30.3 Å². The highest BCUT2D eigenvalue weighted by Gasteiger charge is 2.18. The molecule has 1 aliphatic carbocycles. The van der Waals surface area contributed by atoms with Crippen molar-refractivity contribution in [3.05, 3.63) is 52.3 Å². The second-order valence-electron chi connectivity index (χ2n) is 5.50. The number of rotatable bonds is 4. The lowest BCUT2D eigenvalue weighted by Gasteiger charge is -2.11. The van der Waals surface area contributed by atoms with E-state index in [1.165, 1.54) is 25.7 Å². The van der Waals surface area contributed by atoms with Gasteiger partial charge in [-0.1, -0.05) is 40.9 Å².